The number of halogens is 2. The van der Waals surface area contributed by atoms with Gasteiger partial charge in [-0.25, -0.2) is 0 Å². The van der Waals surface area contributed by atoms with Gasteiger partial charge in [0.15, 0.2) is 0 Å². The molecule has 0 heterocycles. The van der Waals surface area contributed by atoms with Crippen molar-refractivity contribution in [2.45, 2.75) is 37.2 Å². The molecule has 0 N–H and O–H groups in total. The molecule has 0 fully saturated rings. The number of alkyl halides is 2. The van der Waals surface area contributed by atoms with E-state index in [1.807, 2.05) is 0 Å². The maximum atomic E-state index is 11.3. The molecule has 0 radical (unpaired) electrons. The summed E-state index contributed by atoms with van der Waals surface area (Å²) in [6.07, 6.45) is 0. The van der Waals surface area contributed by atoms with E-state index < -0.39 is 8.03 Å². The second-order valence-electron chi connectivity index (χ2n) is 2.78. The lowest BCUT2D eigenvalue weighted by Gasteiger charge is -2.01. The number of rotatable bonds is 5. The predicted octanol–water partition coefficient (Wildman–Crippen LogP) is 3.39. The third-order valence-corrected chi connectivity index (χ3v) is 3.62. The quantitative estimate of drug-likeness (QED) is 0.536. The van der Waals surface area contributed by atoms with Crippen molar-refractivity contribution in [1.82, 2.24) is 0 Å². The van der Waals surface area contributed by atoms with E-state index in [1.54, 1.807) is 20.8 Å². The standard InChI is InChI=1S/C7H14Cl2O2P/c1-5(8)4-11-12(10)7(3)6(2)9/h5-7H,4H2,1-3H3/q+1. The fourth-order valence-corrected chi connectivity index (χ4v) is 1.83. The molecule has 0 rings (SSSR count). The second kappa shape index (κ2) is 6.15. The van der Waals surface area contributed by atoms with Crippen molar-refractivity contribution in [3.63, 3.8) is 0 Å². The Balaban J connectivity index is 3.72. The van der Waals surface area contributed by atoms with Crippen molar-refractivity contribution in [3.05, 3.63) is 0 Å². The first-order valence-corrected chi connectivity index (χ1v) is 5.94. The van der Waals surface area contributed by atoms with Gasteiger partial charge in [0.05, 0.1) is 10.8 Å². The van der Waals surface area contributed by atoms with E-state index in [1.165, 1.54) is 0 Å². The topological polar surface area (TPSA) is 26.3 Å². The second-order valence-corrected chi connectivity index (χ2v) is 5.86. The van der Waals surface area contributed by atoms with Crippen LogP contribution in [0.4, 0.5) is 0 Å². The van der Waals surface area contributed by atoms with Crippen molar-refractivity contribution in [2.75, 3.05) is 6.61 Å². The molecule has 0 saturated heterocycles. The van der Waals surface area contributed by atoms with Crippen LogP contribution in [-0.2, 0) is 9.09 Å². The molecule has 0 amide bonds. The number of hydrogen-bond donors (Lipinski definition) is 0. The van der Waals surface area contributed by atoms with Gasteiger partial charge >= 0.3 is 8.03 Å². The van der Waals surface area contributed by atoms with Crippen LogP contribution in [0.15, 0.2) is 0 Å². The maximum Gasteiger partial charge on any atom is 0.512 e. The fraction of sp³-hybridized carbons (Fsp3) is 1.00. The van der Waals surface area contributed by atoms with Crippen LogP contribution in [0.1, 0.15) is 20.8 Å². The first-order chi connectivity index (χ1) is 5.45. The van der Waals surface area contributed by atoms with E-state index in [-0.39, 0.29) is 16.4 Å². The van der Waals surface area contributed by atoms with Crippen molar-refractivity contribution < 1.29 is 9.09 Å². The van der Waals surface area contributed by atoms with Crippen LogP contribution in [0.3, 0.4) is 0 Å². The first-order valence-electron chi connectivity index (χ1n) is 3.82. The lowest BCUT2D eigenvalue weighted by atomic mass is 10.4. The molecule has 0 aliphatic heterocycles. The molecule has 0 aromatic heterocycles. The summed E-state index contributed by atoms with van der Waals surface area (Å²) < 4.78 is 16.3. The Labute approximate surface area is 84.4 Å². The van der Waals surface area contributed by atoms with E-state index in [4.69, 9.17) is 27.7 Å². The van der Waals surface area contributed by atoms with Gasteiger partial charge in [-0.15, -0.1) is 27.7 Å². The molecule has 4 unspecified atom stereocenters. The van der Waals surface area contributed by atoms with Crippen LogP contribution in [-0.4, -0.2) is 23.0 Å². The zero-order chi connectivity index (χ0) is 9.72. The molecular weight excluding hydrogens is 218 g/mol. The summed E-state index contributed by atoms with van der Waals surface area (Å²) >= 11 is 11.4. The van der Waals surface area contributed by atoms with Gasteiger partial charge in [0.25, 0.3) is 0 Å². The average Bonchev–Trinajstić information content (AvgIpc) is 1.98. The largest absolute Gasteiger partial charge is 0.512 e. The molecule has 5 heteroatoms. The van der Waals surface area contributed by atoms with Gasteiger partial charge in [-0.3, -0.25) is 0 Å². The van der Waals surface area contributed by atoms with Gasteiger partial charge in [0.2, 0.25) is 5.66 Å². The smallest absolute Gasteiger partial charge is 0.144 e. The van der Waals surface area contributed by atoms with E-state index in [0.717, 1.165) is 0 Å². The van der Waals surface area contributed by atoms with Gasteiger partial charge in [-0.1, -0.05) is 0 Å². The lowest BCUT2D eigenvalue weighted by Crippen LogP contribution is -2.11. The van der Waals surface area contributed by atoms with E-state index in [2.05, 4.69) is 0 Å². The molecule has 4 atom stereocenters. The summed E-state index contributed by atoms with van der Waals surface area (Å²) in [5.74, 6) is 0. The summed E-state index contributed by atoms with van der Waals surface area (Å²) in [4.78, 5) is 0. The molecule has 0 spiro atoms. The highest BCUT2D eigenvalue weighted by atomic mass is 35.5. The third kappa shape index (κ3) is 5.31. The monoisotopic (exact) mass is 231 g/mol. The highest BCUT2D eigenvalue weighted by Crippen LogP contribution is 2.33. The summed E-state index contributed by atoms with van der Waals surface area (Å²) in [6.45, 7) is 5.70. The Bertz CT molecular complexity index is 150. The molecule has 2 nitrogen and oxygen atoms in total. The molecule has 0 saturated carbocycles. The van der Waals surface area contributed by atoms with E-state index in [9.17, 15) is 4.57 Å². The zero-order valence-corrected chi connectivity index (χ0v) is 9.87. The normalized spacial score (nSPS) is 19.9. The highest BCUT2D eigenvalue weighted by molar-refractivity contribution is 7.40. The van der Waals surface area contributed by atoms with Crippen LogP contribution in [0.5, 0.6) is 0 Å². The molecule has 0 aliphatic rings. The van der Waals surface area contributed by atoms with Crippen LogP contribution in [0, 0.1) is 0 Å². The van der Waals surface area contributed by atoms with Crippen LogP contribution in [0.2, 0.25) is 0 Å². The van der Waals surface area contributed by atoms with Crippen molar-refractivity contribution in [1.29, 1.82) is 0 Å². The summed E-state index contributed by atoms with van der Waals surface area (Å²) in [6, 6.07) is 0. The van der Waals surface area contributed by atoms with E-state index >= 15 is 0 Å². The van der Waals surface area contributed by atoms with Crippen LogP contribution < -0.4 is 0 Å². The Hall–Kier alpha value is 0.640. The summed E-state index contributed by atoms with van der Waals surface area (Å²) in [5, 5.41) is -0.249. The minimum Gasteiger partial charge on any atom is -0.144 e. The van der Waals surface area contributed by atoms with Gasteiger partial charge in [-0.05, 0) is 25.3 Å². The lowest BCUT2D eigenvalue weighted by molar-refractivity contribution is 0.326. The Morgan fingerprint density at radius 2 is 1.83 bits per heavy atom. The third-order valence-electron chi connectivity index (χ3n) is 1.43. The fourth-order valence-electron chi connectivity index (χ4n) is 0.461. The predicted molar refractivity (Wildman–Crippen MR) is 53.7 cm³/mol. The van der Waals surface area contributed by atoms with Crippen molar-refractivity contribution >= 4 is 31.2 Å². The zero-order valence-electron chi connectivity index (χ0n) is 7.46. The SMILES string of the molecule is CC(Cl)CO[P+](=O)C(C)C(C)Cl. The first kappa shape index (κ1) is 12.6. The Morgan fingerprint density at radius 3 is 2.17 bits per heavy atom. The molecular formula is C7H14Cl2O2P+. The van der Waals surface area contributed by atoms with E-state index in [0.29, 0.717) is 6.61 Å². The van der Waals surface area contributed by atoms with Gasteiger partial charge in [0.1, 0.15) is 6.61 Å². The molecule has 0 aromatic rings. The minimum absolute atomic E-state index is 0.109. The molecule has 72 valence electrons. The summed E-state index contributed by atoms with van der Waals surface area (Å²) in [5.41, 5.74) is -0.128. The van der Waals surface area contributed by atoms with Gasteiger partial charge in [0, 0.05) is 0 Å². The average molecular weight is 232 g/mol. The Morgan fingerprint density at radius 1 is 1.33 bits per heavy atom. The van der Waals surface area contributed by atoms with Crippen LogP contribution in [0.25, 0.3) is 0 Å². The molecule has 0 aliphatic carbocycles. The van der Waals surface area contributed by atoms with Crippen molar-refractivity contribution in [2.24, 2.45) is 0 Å². The Kier molecular flexibility index (Phi) is 6.48. The number of hydrogen-bond acceptors (Lipinski definition) is 2. The molecule has 0 bridgehead atoms. The highest BCUT2D eigenvalue weighted by Gasteiger charge is 2.32. The summed E-state index contributed by atoms with van der Waals surface area (Å²) in [7, 11) is -1.68. The minimum atomic E-state index is -1.68. The van der Waals surface area contributed by atoms with Gasteiger partial charge < -0.3 is 0 Å². The van der Waals surface area contributed by atoms with Crippen molar-refractivity contribution in [3.8, 4) is 0 Å². The van der Waals surface area contributed by atoms with Crippen LogP contribution >= 0.6 is 31.2 Å². The maximum absolute atomic E-state index is 11.3. The van der Waals surface area contributed by atoms with Gasteiger partial charge in [-0.2, -0.15) is 0 Å². The molecule has 12 heavy (non-hydrogen) atoms. The molecule has 0 aromatic carbocycles.